The van der Waals surface area contributed by atoms with Crippen LogP contribution in [-0.4, -0.2) is 70.1 Å². The maximum absolute atomic E-state index is 12.6. The first-order valence-electron chi connectivity index (χ1n) is 9.62. The van der Waals surface area contributed by atoms with E-state index in [1.54, 1.807) is 0 Å². The molecule has 0 bridgehead atoms. The average molecular weight is 431 g/mol. The molecular formula is C18H33N5O7. The van der Waals surface area contributed by atoms with Gasteiger partial charge in [0.1, 0.15) is 18.1 Å². The van der Waals surface area contributed by atoms with Crippen LogP contribution in [-0.2, 0) is 24.0 Å². The highest BCUT2D eigenvalue weighted by Gasteiger charge is 2.32. The molecule has 5 atom stereocenters. The number of aliphatic hydroxyl groups excluding tert-OH is 1. The van der Waals surface area contributed by atoms with E-state index in [4.69, 9.17) is 16.6 Å². The Labute approximate surface area is 175 Å². The topological polar surface area (TPSA) is 214 Å². The van der Waals surface area contributed by atoms with Crippen molar-refractivity contribution in [2.45, 2.75) is 77.2 Å². The number of carbonyl (C=O) groups excluding carboxylic acids is 4. The van der Waals surface area contributed by atoms with Gasteiger partial charge in [-0.15, -0.1) is 0 Å². The van der Waals surface area contributed by atoms with Crippen molar-refractivity contribution in [1.29, 1.82) is 0 Å². The van der Waals surface area contributed by atoms with E-state index in [1.165, 1.54) is 13.8 Å². The van der Waals surface area contributed by atoms with Gasteiger partial charge in [-0.2, -0.15) is 0 Å². The molecule has 9 N–H and O–H groups in total. The molecule has 12 nitrogen and oxygen atoms in total. The lowest BCUT2D eigenvalue weighted by Crippen LogP contribution is -2.59. The zero-order chi connectivity index (χ0) is 23.6. The van der Waals surface area contributed by atoms with Crippen molar-refractivity contribution in [3.05, 3.63) is 0 Å². The Kier molecular flexibility index (Phi) is 11.6. The number of carbonyl (C=O) groups is 5. The standard InChI is InChI=1S/C18H33N5O7/c1-8(2)7-11(19)15(26)23-14(10(4)24)17(28)22-12(5-6-13(20)25)16(27)21-9(3)18(29)30/h8-12,14,24H,5-7,19H2,1-4H3,(H2,20,25)(H,21,27)(H,22,28)(H,23,26)(H,29,30). The van der Waals surface area contributed by atoms with E-state index in [9.17, 15) is 29.1 Å². The molecular weight excluding hydrogens is 398 g/mol. The summed E-state index contributed by atoms with van der Waals surface area (Å²) < 4.78 is 0. The quantitative estimate of drug-likeness (QED) is 0.166. The minimum Gasteiger partial charge on any atom is -0.480 e. The van der Waals surface area contributed by atoms with E-state index in [-0.39, 0.29) is 18.8 Å². The molecule has 0 rings (SSSR count). The molecule has 5 unspecified atom stereocenters. The normalized spacial score (nSPS) is 16.0. The van der Waals surface area contributed by atoms with Crippen LogP contribution in [0, 0.1) is 5.92 Å². The van der Waals surface area contributed by atoms with Crippen LogP contribution in [0.15, 0.2) is 0 Å². The van der Waals surface area contributed by atoms with Gasteiger partial charge in [0.05, 0.1) is 12.1 Å². The lowest BCUT2D eigenvalue weighted by Gasteiger charge is -2.26. The van der Waals surface area contributed by atoms with Gasteiger partial charge in [-0.25, -0.2) is 0 Å². The number of nitrogens with one attached hydrogen (secondary N) is 3. The van der Waals surface area contributed by atoms with Crippen LogP contribution in [0.4, 0.5) is 0 Å². The zero-order valence-corrected chi connectivity index (χ0v) is 17.7. The first-order chi connectivity index (χ1) is 13.8. The summed E-state index contributed by atoms with van der Waals surface area (Å²) in [6, 6.07) is -4.87. The van der Waals surface area contributed by atoms with Crippen LogP contribution in [0.1, 0.15) is 47.0 Å². The number of amides is 4. The van der Waals surface area contributed by atoms with Crippen LogP contribution >= 0.6 is 0 Å². The third-order valence-electron chi connectivity index (χ3n) is 4.17. The number of aliphatic carboxylic acids is 1. The van der Waals surface area contributed by atoms with Gasteiger partial charge in [-0.1, -0.05) is 13.8 Å². The molecule has 12 heteroatoms. The monoisotopic (exact) mass is 431 g/mol. The number of primary amides is 1. The van der Waals surface area contributed by atoms with Crippen molar-refractivity contribution >= 4 is 29.6 Å². The van der Waals surface area contributed by atoms with Gasteiger partial charge in [0.25, 0.3) is 0 Å². The number of nitrogens with two attached hydrogens (primary N) is 2. The van der Waals surface area contributed by atoms with Gasteiger partial charge in [-0.3, -0.25) is 24.0 Å². The van der Waals surface area contributed by atoms with Crippen molar-refractivity contribution in [2.24, 2.45) is 17.4 Å². The molecule has 0 fully saturated rings. The number of aliphatic hydroxyl groups is 1. The van der Waals surface area contributed by atoms with Crippen molar-refractivity contribution < 1.29 is 34.2 Å². The second-order valence-corrected chi connectivity index (χ2v) is 7.60. The molecule has 0 heterocycles. The molecule has 0 saturated heterocycles. The minimum atomic E-state index is -1.42. The average Bonchev–Trinajstić information content (AvgIpc) is 2.61. The van der Waals surface area contributed by atoms with Gasteiger partial charge in [0.2, 0.25) is 23.6 Å². The largest absolute Gasteiger partial charge is 0.480 e. The molecule has 0 saturated carbocycles. The van der Waals surface area contributed by atoms with Crippen molar-refractivity contribution in [3.63, 3.8) is 0 Å². The molecule has 0 aromatic carbocycles. The smallest absolute Gasteiger partial charge is 0.325 e. The van der Waals surface area contributed by atoms with Crippen LogP contribution < -0.4 is 27.4 Å². The highest BCUT2D eigenvalue weighted by molar-refractivity contribution is 5.94. The van der Waals surface area contributed by atoms with E-state index >= 15 is 0 Å². The SMILES string of the molecule is CC(C)CC(N)C(=O)NC(C(=O)NC(CCC(N)=O)C(=O)NC(C)C(=O)O)C(C)O. The van der Waals surface area contributed by atoms with Crippen molar-refractivity contribution in [1.82, 2.24) is 16.0 Å². The second kappa shape index (κ2) is 12.8. The third-order valence-corrected chi connectivity index (χ3v) is 4.17. The number of carboxylic acids is 1. The van der Waals surface area contributed by atoms with E-state index in [0.29, 0.717) is 6.42 Å². The summed E-state index contributed by atoms with van der Waals surface area (Å²) in [7, 11) is 0. The summed E-state index contributed by atoms with van der Waals surface area (Å²) in [5.74, 6) is -4.30. The predicted octanol–water partition coefficient (Wildman–Crippen LogP) is -2.43. The molecule has 0 aliphatic carbocycles. The lowest BCUT2D eigenvalue weighted by atomic mass is 10.0. The maximum atomic E-state index is 12.6. The Bertz CT molecular complexity index is 638. The van der Waals surface area contributed by atoms with E-state index in [2.05, 4.69) is 16.0 Å². The minimum absolute atomic E-state index is 0.127. The molecule has 172 valence electrons. The number of carboxylic acid groups (broad SMARTS) is 1. The summed E-state index contributed by atoms with van der Waals surface area (Å²) >= 11 is 0. The predicted molar refractivity (Wildman–Crippen MR) is 107 cm³/mol. The molecule has 0 aromatic heterocycles. The van der Waals surface area contributed by atoms with E-state index in [1.807, 2.05) is 13.8 Å². The summed E-state index contributed by atoms with van der Waals surface area (Å²) in [5.41, 5.74) is 10.9. The van der Waals surface area contributed by atoms with Crippen molar-refractivity contribution in [3.8, 4) is 0 Å². The number of rotatable bonds is 13. The van der Waals surface area contributed by atoms with Gasteiger partial charge >= 0.3 is 5.97 Å². The first-order valence-corrected chi connectivity index (χ1v) is 9.62. The molecule has 0 spiro atoms. The first kappa shape index (κ1) is 27.3. The maximum Gasteiger partial charge on any atom is 0.325 e. The van der Waals surface area contributed by atoms with Crippen LogP contribution in [0.25, 0.3) is 0 Å². The number of hydrogen-bond acceptors (Lipinski definition) is 7. The van der Waals surface area contributed by atoms with Gasteiger partial charge in [0.15, 0.2) is 0 Å². The Balaban J connectivity index is 5.32. The summed E-state index contributed by atoms with van der Waals surface area (Å²) in [6.07, 6.45) is -1.42. The molecule has 4 amide bonds. The third kappa shape index (κ3) is 10.2. The lowest BCUT2D eigenvalue weighted by molar-refractivity contribution is -0.142. The zero-order valence-electron chi connectivity index (χ0n) is 17.7. The fourth-order valence-corrected chi connectivity index (χ4v) is 2.47. The van der Waals surface area contributed by atoms with Gasteiger partial charge in [-0.05, 0) is 32.6 Å². The Morgan fingerprint density at radius 3 is 1.90 bits per heavy atom. The fourth-order valence-electron chi connectivity index (χ4n) is 2.47. The highest BCUT2D eigenvalue weighted by Crippen LogP contribution is 2.05. The Morgan fingerprint density at radius 1 is 0.900 bits per heavy atom. The van der Waals surface area contributed by atoms with Crippen LogP contribution in [0.3, 0.4) is 0 Å². The van der Waals surface area contributed by atoms with Crippen LogP contribution in [0.5, 0.6) is 0 Å². The molecule has 30 heavy (non-hydrogen) atoms. The van der Waals surface area contributed by atoms with E-state index < -0.39 is 59.9 Å². The van der Waals surface area contributed by atoms with Crippen molar-refractivity contribution in [2.75, 3.05) is 0 Å². The molecule has 0 aromatic rings. The highest BCUT2D eigenvalue weighted by atomic mass is 16.4. The summed E-state index contributed by atoms with van der Waals surface area (Å²) in [6.45, 7) is 6.23. The second-order valence-electron chi connectivity index (χ2n) is 7.60. The van der Waals surface area contributed by atoms with Crippen LogP contribution in [0.2, 0.25) is 0 Å². The van der Waals surface area contributed by atoms with Gasteiger partial charge in [0, 0.05) is 6.42 Å². The summed E-state index contributed by atoms with van der Waals surface area (Å²) in [5, 5.41) is 25.7. The molecule has 0 aliphatic rings. The van der Waals surface area contributed by atoms with E-state index in [0.717, 1.165) is 0 Å². The molecule has 0 aliphatic heterocycles. The Hall–Kier alpha value is -2.73. The van der Waals surface area contributed by atoms with Gasteiger partial charge < -0.3 is 37.6 Å². The molecule has 0 radical (unpaired) electrons. The summed E-state index contributed by atoms with van der Waals surface area (Å²) in [4.78, 5) is 59.2. The Morgan fingerprint density at radius 2 is 1.47 bits per heavy atom. The number of hydrogen-bond donors (Lipinski definition) is 7. The fraction of sp³-hybridized carbons (Fsp3) is 0.722.